The second-order valence-corrected chi connectivity index (χ2v) is 4.62. The zero-order valence-corrected chi connectivity index (χ0v) is 9.37. The molecule has 1 saturated heterocycles. The Hall–Kier alpha value is -1.35. The van der Waals surface area contributed by atoms with Gasteiger partial charge in [-0.25, -0.2) is 0 Å². The van der Waals surface area contributed by atoms with Crippen LogP contribution in [0.3, 0.4) is 0 Å². The van der Waals surface area contributed by atoms with Gasteiger partial charge in [0.05, 0.1) is 5.52 Å². The number of hydrogen-bond donors (Lipinski definition) is 2. The summed E-state index contributed by atoms with van der Waals surface area (Å²) in [4.78, 5) is 0. The highest BCUT2D eigenvalue weighted by molar-refractivity contribution is 5.81. The van der Waals surface area contributed by atoms with E-state index in [4.69, 9.17) is 0 Å². The maximum atomic E-state index is 4.34. The van der Waals surface area contributed by atoms with Gasteiger partial charge < -0.3 is 5.32 Å². The lowest BCUT2D eigenvalue weighted by atomic mass is 9.92. The third-order valence-corrected chi connectivity index (χ3v) is 3.49. The number of benzene rings is 1. The molecule has 16 heavy (non-hydrogen) atoms. The smallest absolute Gasteiger partial charge is 0.0923 e. The van der Waals surface area contributed by atoms with Crippen molar-refractivity contribution < 1.29 is 0 Å². The molecule has 2 heterocycles. The molecule has 1 aromatic carbocycles. The predicted octanol–water partition coefficient (Wildman–Crippen LogP) is 2.10. The van der Waals surface area contributed by atoms with Gasteiger partial charge in [0.2, 0.25) is 0 Å². The Bertz CT molecular complexity index is 469. The van der Waals surface area contributed by atoms with Crippen LogP contribution in [0.25, 0.3) is 10.9 Å². The summed E-state index contributed by atoms with van der Waals surface area (Å²) in [6, 6.07) is 8.36. The summed E-state index contributed by atoms with van der Waals surface area (Å²) >= 11 is 0. The van der Waals surface area contributed by atoms with Crippen molar-refractivity contribution in [1.82, 2.24) is 15.5 Å². The maximum absolute atomic E-state index is 4.34. The molecule has 1 aliphatic rings. The van der Waals surface area contributed by atoms with Crippen molar-refractivity contribution in [3.05, 3.63) is 30.0 Å². The average molecular weight is 215 g/mol. The number of H-pyrrole nitrogens is 1. The van der Waals surface area contributed by atoms with Crippen molar-refractivity contribution in [1.29, 1.82) is 0 Å². The number of para-hydroxylation sites is 1. The summed E-state index contributed by atoms with van der Waals surface area (Å²) in [5.74, 6) is 0.810. The second kappa shape index (κ2) is 4.26. The molecule has 0 atom stereocenters. The first kappa shape index (κ1) is 9.85. The lowest BCUT2D eigenvalue weighted by molar-refractivity contribution is 0.370. The predicted molar refractivity (Wildman–Crippen MR) is 65.4 cm³/mol. The summed E-state index contributed by atoms with van der Waals surface area (Å²) in [6.07, 6.45) is 3.71. The zero-order valence-electron chi connectivity index (χ0n) is 9.37. The fourth-order valence-corrected chi connectivity index (χ4v) is 2.54. The first-order valence-corrected chi connectivity index (χ1v) is 6.06. The fourth-order valence-electron chi connectivity index (χ4n) is 2.54. The van der Waals surface area contributed by atoms with Crippen molar-refractivity contribution in [2.45, 2.75) is 19.3 Å². The Labute approximate surface area is 95.2 Å². The Kier molecular flexibility index (Phi) is 2.62. The van der Waals surface area contributed by atoms with E-state index in [-0.39, 0.29) is 0 Å². The number of hydrogen-bond acceptors (Lipinski definition) is 2. The topological polar surface area (TPSA) is 40.7 Å². The molecule has 84 valence electrons. The Morgan fingerprint density at radius 3 is 2.88 bits per heavy atom. The molecule has 3 heteroatoms. The third kappa shape index (κ3) is 1.83. The van der Waals surface area contributed by atoms with Crippen molar-refractivity contribution >= 4 is 10.9 Å². The second-order valence-electron chi connectivity index (χ2n) is 4.62. The van der Waals surface area contributed by atoms with Crippen LogP contribution in [0, 0.1) is 5.92 Å². The van der Waals surface area contributed by atoms with Crippen LogP contribution in [-0.2, 0) is 6.42 Å². The van der Waals surface area contributed by atoms with Crippen molar-refractivity contribution in [2.75, 3.05) is 13.1 Å². The lowest BCUT2D eigenvalue weighted by Crippen LogP contribution is -2.28. The molecule has 3 nitrogen and oxygen atoms in total. The summed E-state index contributed by atoms with van der Waals surface area (Å²) in [5.41, 5.74) is 2.40. The molecule has 0 radical (unpaired) electrons. The van der Waals surface area contributed by atoms with Gasteiger partial charge in [-0.2, -0.15) is 5.10 Å². The number of fused-ring (bicyclic) bond motifs is 1. The third-order valence-electron chi connectivity index (χ3n) is 3.49. The van der Waals surface area contributed by atoms with E-state index in [1.54, 1.807) is 0 Å². The van der Waals surface area contributed by atoms with Crippen LogP contribution >= 0.6 is 0 Å². The van der Waals surface area contributed by atoms with E-state index in [0.717, 1.165) is 30.9 Å². The highest BCUT2D eigenvalue weighted by Gasteiger charge is 2.15. The minimum Gasteiger partial charge on any atom is -0.317 e. The first-order chi connectivity index (χ1) is 7.93. The molecule has 0 amide bonds. The number of aromatic amines is 1. The molecule has 0 bridgehead atoms. The molecule has 1 aromatic heterocycles. The van der Waals surface area contributed by atoms with Gasteiger partial charge in [0.25, 0.3) is 0 Å². The van der Waals surface area contributed by atoms with Gasteiger partial charge >= 0.3 is 0 Å². The number of nitrogens with one attached hydrogen (secondary N) is 2. The van der Waals surface area contributed by atoms with Gasteiger partial charge in [-0.05, 0) is 44.3 Å². The van der Waals surface area contributed by atoms with E-state index < -0.39 is 0 Å². The van der Waals surface area contributed by atoms with Gasteiger partial charge in [-0.15, -0.1) is 0 Å². The van der Waals surface area contributed by atoms with Crippen LogP contribution in [0.5, 0.6) is 0 Å². The Morgan fingerprint density at radius 1 is 1.19 bits per heavy atom. The molecular weight excluding hydrogens is 198 g/mol. The quantitative estimate of drug-likeness (QED) is 0.805. The number of aromatic nitrogens is 2. The Balaban J connectivity index is 1.83. The summed E-state index contributed by atoms with van der Waals surface area (Å²) < 4.78 is 0. The molecule has 2 N–H and O–H groups in total. The van der Waals surface area contributed by atoms with Gasteiger partial charge in [0.1, 0.15) is 0 Å². The van der Waals surface area contributed by atoms with Crippen LogP contribution in [0.2, 0.25) is 0 Å². The maximum Gasteiger partial charge on any atom is 0.0923 e. The van der Waals surface area contributed by atoms with E-state index in [9.17, 15) is 0 Å². The normalized spacial score (nSPS) is 18.0. The van der Waals surface area contributed by atoms with E-state index in [0.29, 0.717) is 0 Å². The Morgan fingerprint density at radius 2 is 2.00 bits per heavy atom. The molecule has 2 aromatic rings. The van der Waals surface area contributed by atoms with Gasteiger partial charge in [0.15, 0.2) is 0 Å². The molecule has 1 aliphatic heterocycles. The van der Waals surface area contributed by atoms with Gasteiger partial charge in [0, 0.05) is 11.1 Å². The molecule has 3 rings (SSSR count). The highest BCUT2D eigenvalue weighted by atomic mass is 15.1. The summed E-state index contributed by atoms with van der Waals surface area (Å²) in [6.45, 7) is 2.33. The van der Waals surface area contributed by atoms with Crippen molar-refractivity contribution in [3.63, 3.8) is 0 Å². The minimum absolute atomic E-state index is 0.810. The molecule has 0 saturated carbocycles. The van der Waals surface area contributed by atoms with Crippen molar-refractivity contribution in [3.8, 4) is 0 Å². The van der Waals surface area contributed by atoms with E-state index >= 15 is 0 Å². The van der Waals surface area contributed by atoms with E-state index in [1.807, 2.05) is 6.07 Å². The van der Waals surface area contributed by atoms with Crippen LogP contribution in [-0.4, -0.2) is 23.3 Å². The van der Waals surface area contributed by atoms with Crippen LogP contribution in [0.15, 0.2) is 24.3 Å². The molecule has 1 fully saturated rings. The van der Waals surface area contributed by atoms with E-state index in [1.165, 1.54) is 23.9 Å². The summed E-state index contributed by atoms with van der Waals surface area (Å²) in [7, 11) is 0. The van der Waals surface area contributed by atoms with Gasteiger partial charge in [-0.1, -0.05) is 18.2 Å². The lowest BCUT2D eigenvalue weighted by Gasteiger charge is -2.21. The van der Waals surface area contributed by atoms with Crippen LogP contribution in [0.4, 0.5) is 0 Å². The average Bonchev–Trinajstić information content (AvgIpc) is 2.74. The number of piperidine rings is 1. The molecule has 0 spiro atoms. The SMILES string of the molecule is c1ccc2c(CC3CCNCC3)[nH]nc2c1. The van der Waals surface area contributed by atoms with Gasteiger partial charge in [-0.3, -0.25) is 5.10 Å². The highest BCUT2D eigenvalue weighted by Crippen LogP contribution is 2.22. The van der Waals surface area contributed by atoms with E-state index in [2.05, 4.69) is 33.7 Å². The molecule has 0 unspecified atom stereocenters. The monoisotopic (exact) mass is 215 g/mol. The largest absolute Gasteiger partial charge is 0.317 e. The molecular formula is C13H17N3. The number of nitrogens with zero attached hydrogens (tertiary/aromatic N) is 1. The summed E-state index contributed by atoms with van der Waals surface area (Å²) in [5, 5.41) is 12.2. The minimum atomic E-state index is 0.810. The van der Waals surface area contributed by atoms with Crippen molar-refractivity contribution in [2.24, 2.45) is 5.92 Å². The molecule has 0 aliphatic carbocycles. The number of rotatable bonds is 2. The first-order valence-electron chi connectivity index (χ1n) is 6.06. The zero-order chi connectivity index (χ0) is 10.8. The van der Waals surface area contributed by atoms with Crippen LogP contribution in [0.1, 0.15) is 18.5 Å². The van der Waals surface area contributed by atoms with Crippen LogP contribution < -0.4 is 5.32 Å². The standard InChI is InChI=1S/C13H17N3/c1-2-4-12-11(3-1)13(16-15-12)9-10-5-7-14-8-6-10/h1-4,10,14H,5-9H2,(H,15,16). The fraction of sp³-hybridized carbons (Fsp3) is 0.462.